The Morgan fingerprint density at radius 3 is 2.00 bits per heavy atom. The van der Waals surface area contributed by atoms with Crippen LogP contribution in [0.1, 0.15) is 8.35 Å². The van der Waals surface area contributed by atoms with E-state index in [0.717, 1.165) is 6.26 Å². The Morgan fingerprint density at radius 2 is 1.91 bits per heavy atom. The van der Waals surface area contributed by atoms with Crippen LogP contribution in [0.15, 0.2) is 12.2 Å². The Balaban J connectivity index is -0.000000405. The third-order valence-corrected chi connectivity index (χ3v) is 1.03. The van der Waals surface area contributed by atoms with Gasteiger partial charge in [0.15, 0.2) is 0 Å². The van der Waals surface area contributed by atoms with Gasteiger partial charge in [-0.05, 0) is 6.92 Å². The van der Waals surface area contributed by atoms with Crippen molar-refractivity contribution in [1.29, 1.82) is 0 Å². The minimum absolute atomic E-state index is 0. The van der Waals surface area contributed by atoms with E-state index in [4.69, 9.17) is 0 Å². The van der Waals surface area contributed by atoms with Crippen LogP contribution >= 0.6 is 0 Å². The van der Waals surface area contributed by atoms with Crippen LogP contribution in [-0.4, -0.2) is 20.6 Å². The van der Waals surface area contributed by atoms with Gasteiger partial charge in [0.05, 0.1) is 6.26 Å². The SMILES string of the molecule is C=C(C)C(=O)OS(C)(=O)=O.[H-].[Na+]. The zero-order valence-electron chi connectivity index (χ0n) is 7.75. The van der Waals surface area contributed by atoms with Crippen molar-refractivity contribution in [2.75, 3.05) is 6.26 Å². The molecule has 6 heteroatoms. The predicted molar refractivity (Wildman–Crippen MR) is 36.9 cm³/mol. The molecule has 4 nitrogen and oxygen atoms in total. The monoisotopic (exact) mass is 188 g/mol. The average Bonchev–Trinajstić information content (AvgIpc) is 1.60. The van der Waals surface area contributed by atoms with Crippen LogP contribution in [0, 0.1) is 0 Å². The van der Waals surface area contributed by atoms with Gasteiger partial charge in [0, 0.05) is 5.57 Å². The number of hydrogen-bond donors (Lipinski definition) is 0. The van der Waals surface area contributed by atoms with Crippen molar-refractivity contribution in [1.82, 2.24) is 0 Å². The molecule has 0 fully saturated rings. The fourth-order valence-electron chi connectivity index (χ4n) is 0.209. The minimum atomic E-state index is -3.68. The third-order valence-electron chi connectivity index (χ3n) is 0.576. The molecular formula is C5H9NaO4S. The van der Waals surface area contributed by atoms with Crippen LogP contribution in [0.25, 0.3) is 0 Å². The molecule has 0 aromatic rings. The van der Waals surface area contributed by atoms with Crippen LogP contribution in [-0.2, 0) is 19.1 Å². The molecule has 0 N–H and O–H groups in total. The molecule has 0 radical (unpaired) electrons. The molecule has 0 aromatic carbocycles. The second-order valence-electron chi connectivity index (χ2n) is 1.86. The second kappa shape index (κ2) is 4.92. The van der Waals surface area contributed by atoms with E-state index in [1.54, 1.807) is 0 Å². The fourth-order valence-corrected chi connectivity index (χ4v) is 0.626. The molecule has 0 rings (SSSR count). The second-order valence-corrected chi connectivity index (χ2v) is 3.43. The Labute approximate surface area is 89.5 Å². The standard InChI is InChI=1S/C5H8O4S.Na.H/c1-4(2)5(6)9-10(3,7)8;;/h1H2,2-3H3;;/q;+1;-1. The van der Waals surface area contributed by atoms with Crippen LogP contribution < -0.4 is 29.6 Å². The summed E-state index contributed by atoms with van der Waals surface area (Å²) in [5.74, 6) is -0.914. The topological polar surface area (TPSA) is 60.4 Å². The number of hydrogen-bond acceptors (Lipinski definition) is 4. The van der Waals surface area contributed by atoms with Crippen molar-refractivity contribution >= 4 is 16.1 Å². The summed E-state index contributed by atoms with van der Waals surface area (Å²) in [4.78, 5) is 10.5. The molecule has 0 unspecified atom stereocenters. The molecular weight excluding hydrogens is 179 g/mol. The molecule has 0 bridgehead atoms. The molecule has 0 aliphatic rings. The zero-order valence-corrected chi connectivity index (χ0v) is 9.56. The summed E-state index contributed by atoms with van der Waals surface area (Å²) in [6.07, 6.45) is 0.799. The van der Waals surface area contributed by atoms with Gasteiger partial charge in [-0.15, -0.1) is 0 Å². The Morgan fingerprint density at radius 1 is 1.55 bits per heavy atom. The summed E-state index contributed by atoms with van der Waals surface area (Å²) >= 11 is 0. The Hall–Kier alpha value is 0.160. The van der Waals surface area contributed by atoms with Crippen LogP contribution in [0.5, 0.6) is 0 Å². The minimum Gasteiger partial charge on any atom is -1.00 e. The van der Waals surface area contributed by atoms with E-state index >= 15 is 0 Å². The zero-order chi connectivity index (χ0) is 8.36. The number of carbonyl (C=O) groups excluding carboxylic acids is 1. The van der Waals surface area contributed by atoms with Gasteiger partial charge < -0.3 is 5.61 Å². The first-order chi connectivity index (χ1) is 4.33. The summed E-state index contributed by atoms with van der Waals surface area (Å²) in [6, 6.07) is 0. The number of rotatable bonds is 2. The van der Waals surface area contributed by atoms with E-state index in [1.165, 1.54) is 6.92 Å². The van der Waals surface area contributed by atoms with Crippen molar-refractivity contribution in [2.45, 2.75) is 6.92 Å². The van der Waals surface area contributed by atoms with Gasteiger partial charge in [-0.1, -0.05) is 6.58 Å². The molecule has 0 saturated heterocycles. The van der Waals surface area contributed by atoms with Crippen molar-refractivity contribution < 1.29 is 48.4 Å². The van der Waals surface area contributed by atoms with E-state index in [-0.39, 0.29) is 36.6 Å². The maximum absolute atomic E-state index is 10.5. The van der Waals surface area contributed by atoms with Crippen molar-refractivity contribution in [3.8, 4) is 0 Å². The quantitative estimate of drug-likeness (QED) is 0.266. The van der Waals surface area contributed by atoms with E-state index in [0.29, 0.717) is 0 Å². The number of carbonyl (C=O) groups is 1. The Bertz CT molecular complexity index is 259. The molecule has 60 valence electrons. The van der Waals surface area contributed by atoms with E-state index < -0.39 is 16.1 Å². The third kappa shape index (κ3) is 8.06. The van der Waals surface area contributed by atoms with E-state index in [9.17, 15) is 13.2 Å². The maximum Gasteiger partial charge on any atom is 1.00 e. The smallest absolute Gasteiger partial charge is 1.00 e. The molecule has 0 aromatic heterocycles. The molecule has 0 saturated carbocycles. The summed E-state index contributed by atoms with van der Waals surface area (Å²) in [7, 11) is -3.68. The normalized spacial score (nSPS) is 9.64. The molecule has 0 heterocycles. The summed E-state index contributed by atoms with van der Waals surface area (Å²) in [5.41, 5.74) is 0.0606. The predicted octanol–water partition coefficient (Wildman–Crippen LogP) is -2.82. The van der Waals surface area contributed by atoms with Gasteiger partial charge in [-0.3, -0.25) is 0 Å². The first kappa shape index (κ1) is 13.7. The summed E-state index contributed by atoms with van der Waals surface area (Å²) in [5, 5.41) is 0. The first-order valence-electron chi connectivity index (χ1n) is 2.42. The van der Waals surface area contributed by atoms with Crippen molar-refractivity contribution in [2.24, 2.45) is 0 Å². The molecule has 0 spiro atoms. The molecule has 0 atom stereocenters. The van der Waals surface area contributed by atoms with Gasteiger partial charge in [0.1, 0.15) is 0 Å². The van der Waals surface area contributed by atoms with Gasteiger partial charge in [0.25, 0.3) is 0 Å². The fraction of sp³-hybridized carbons (Fsp3) is 0.400. The van der Waals surface area contributed by atoms with Gasteiger partial charge in [0.2, 0.25) is 0 Å². The largest absolute Gasteiger partial charge is 1.00 e. The summed E-state index contributed by atoms with van der Waals surface area (Å²) < 4.78 is 24.5. The van der Waals surface area contributed by atoms with Crippen molar-refractivity contribution in [3.63, 3.8) is 0 Å². The van der Waals surface area contributed by atoms with Crippen LogP contribution in [0.3, 0.4) is 0 Å². The van der Waals surface area contributed by atoms with E-state index in [1.807, 2.05) is 0 Å². The average molecular weight is 188 g/mol. The maximum atomic E-state index is 10.5. The molecule has 0 aliphatic heterocycles. The summed E-state index contributed by atoms with van der Waals surface area (Å²) in [6.45, 7) is 4.57. The molecule has 0 aliphatic carbocycles. The van der Waals surface area contributed by atoms with Gasteiger partial charge in [-0.25, -0.2) is 4.79 Å². The van der Waals surface area contributed by atoms with Crippen LogP contribution in [0.4, 0.5) is 0 Å². The molecule has 0 amide bonds. The molecule has 11 heavy (non-hydrogen) atoms. The van der Waals surface area contributed by atoms with Crippen LogP contribution in [0.2, 0.25) is 0 Å². The Kier molecular flexibility index (Phi) is 6.14. The first-order valence-corrected chi connectivity index (χ1v) is 4.24. The van der Waals surface area contributed by atoms with Gasteiger partial charge >= 0.3 is 45.6 Å². The van der Waals surface area contributed by atoms with Gasteiger partial charge in [-0.2, -0.15) is 8.42 Å². The van der Waals surface area contributed by atoms with E-state index in [2.05, 4.69) is 10.8 Å². The van der Waals surface area contributed by atoms with Crippen molar-refractivity contribution in [3.05, 3.63) is 12.2 Å².